The Morgan fingerprint density at radius 3 is 2.21 bits per heavy atom. The Labute approximate surface area is 143 Å². The maximum Gasteiger partial charge on any atom is 0.320 e. The van der Waals surface area contributed by atoms with Gasteiger partial charge in [0.15, 0.2) is 11.9 Å². The second kappa shape index (κ2) is 8.39. The van der Waals surface area contributed by atoms with Crippen molar-refractivity contribution in [2.45, 2.75) is 33.8 Å². The zero-order valence-corrected chi connectivity index (χ0v) is 15.5. The summed E-state index contributed by atoms with van der Waals surface area (Å²) in [4.78, 5) is 13.1. The van der Waals surface area contributed by atoms with Gasteiger partial charge in [0.1, 0.15) is 0 Å². The van der Waals surface area contributed by atoms with Crippen LogP contribution >= 0.6 is 8.25 Å². The second-order valence-electron chi connectivity index (χ2n) is 5.73. The highest BCUT2D eigenvalue weighted by atomic mass is 31.1. The predicted octanol–water partition coefficient (Wildman–Crippen LogP) is 4.98. The summed E-state index contributed by atoms with van der Waals surface area (Å²) < 4.78 is 22.5. The number of Topliss-reactive ketones (excluding diaryl/α,β-unsaturated/α-hetero) is 1. The van der Waals surface area contributed by atoms with Crippen molar-refractivity contribution in [1.82, 2.24) is 0 Å². The largest absolute Gasteiger partial charge is 0.320 e. The summed E-state index contributed by atoms with van der Waals surface area (Å²) in [7, 11) is -2.74. The number of aryl methyl sites for hydroxylation is 3. The molecule has 2 rings (SSSR count). The first-order valence-corrected chi connectivity index (χ1v) is 9.17. The molecule has 2 unspecified atom stereocenters. The number of ketones is 1. The van der Waals surface area contributed by atoms with Crippen LogP contribution in [0.25, 0.3) is 0 Å². The number of hydrogen-bond donors (Lipinski definition) is 0. The Morgan fingerprint density at radius 1 is 1.08 bits per heavy atom. The summed E-state index contributed by atoms with van der Waals surface area (Å²) in [5.41, 5.74) is 4.15. The molecule has 128 valence electrons. The highest BCUT2D eigenvalue weighted by Crippen LogP contribution is 2.36. The molecule has 0 amide bonds. The molecule has 0 heterocycles. The lowest BCUT2D eigenvalue weighted by Crippen LogP contribution is -2.17. The topological polar surface area (TPSA) is 52.6 Å². The van der Waals surface area contributed by atoms with E-state index < -0.39 is 14.4 Å². The van der Waals surface area contributed by atoms with Gasteiger partial charge < -0.3 is 4.52 Å². The minimum absolute atomic E-state index is 0.200. The number of benzene rings is 2. The van der Waals surface area contributed by atoms with Crippen molar-refractivity contribution in [2.24, 2.45) is 0 Å². The molecule has 0 aromatic heterocycles. The summed E-state index contributed by atoms with van der Waals surface area (Å²) in [6.45, 7) is 7.81. The van der Waals surface area contributed by atoms with Crippen LogP contribution in [-0.4, -0.2) is 12.4 Å². The molecule has 0 spiro atoms. The Bertz CT molecular complexity index is 717. The van der Waals surface area contributed by atoms with Gasteiger partial charge in [0.25, 0.3) is 0 Å². The smallest absolute Gasteiger partial charge is 0.311 e. The zero-order valence-electron chi connectivity index (χ0n) is 14.5. The van der Waals surface area contributed by atoms with Gasteiger partial charge in [-0.3, -0.25) is 13.9 Å². The average Bonchev–Trinajstić information content (AvgIpc) is 2.52. The van der Waals surface area contributed by atoms with E-state index in [4.69, 9.17) is 9.05 Å². The van der Waals surface area contributed by atoms with Crippen LogP contribution in [0.3, 0.4) is 0 Å². The molecule has 0 fully saturated rings. The van der Waals surface area contributed by atoms with Crippen molar-refractivity contribution in [3.63, 3.8) is 0 Å². The van der Waals surface area contributed by atoms with Crippen molar-refractivity contribution in [1.29, 1.82) is 0 Å². The van der Waals surface area contributed by atoms with Crippen LogP contribution in [0.5, 0.6) is 0 Å². The van der Waals surface area contributed by atoms with Gasteiger partial charge in [0.05, 0.1) is 6.61 Å². The predicted molar refractivity (Wildman–Crippen MR) is 95.9 cm³/mol. The van der Waals surface area contributed by atoms with Crippen LogP contribution in [0.1, 0.15) is 45.6 Å². The first-order valence-electron chi connectivity index (χ1n) is 7.94. The molecule has 24 heavy (non-hydrogen) atoms. The number of carbonyl (C=O) groups is 1. The average molecular weight is 346 g/mol. The van der Waals surface area contributed by atoms with Crippen molar-refractivity contribution in [3.05, 3.63) is 70.3 Å². The van der Waals surface area contributed by atoms with Crippen LogP contribution in [0.15, 0.2) is 42.5 Å². The Hall–Kier alpha value is -1.74. The second-order valence-corrected chi connectivity index (χ2v) is 6.75. The van der Waals surface area contributed by atoms with Gasteiger partial charge in [0.2, 0.25) is 0 Å². The third kappa shape index (κ3) is 4.41. The van der Waals surface area contributed by atoms with Gasteiger partial charge in [-0.1, -0.05) is 48.0 Å². The monoisotopic (exact) mass is 346 g/mol. The summed E-state index contributed by atoms with van der Waals surface area (Å²) in [5, 5.41) is 0. The van der Waals surface area contributed by atoms with Crippen LogP contribution in [0.4, 0.5) is 0 Å². The summed E-state index contributed by atoms with van der Waals surface area (Å²) in [6.07, 6.45) is -0.941. The minimum atomic E-state index is -2.74. The molecule has 0 N–H and O–H groups in total. The van der Waals surface area contributed by atoms with Crippen LogP contribution in [0, 0.1) is 20.8 Å². The number of carbonyl (C=O) groups excluding carboxylic acids is 1. The lowest BCUT2D eigenvalue weighted by atomic mass is 9.92. The quantitative estimate of drug-likeness (QED) is 0.524. The van der Waals surface area contributed by atoms with E-state index in [1.54, 1.807) is 19.1 Å². The third-order valence-corrected chi connectivity index (χ3v) is 4.69. The molecule has 0 saturated heterocycles. The van der Waals surface area contributed by atoms with Gasteiger partial charge in [-0.2, -0.15) is 0 Å². The van der Waals surface area contributed by atoms with E-state index in [9.17, 15) is 9.36 Å². The van der Waals surface area contributed by atoms with E-state index in [-0.39, 0.29) is 12.4 Å². The highest BCUT2D eigenvalue weighted by Gasteiger charge is 2.27. The molecule has 0 radical (unpaired) electrons. The fourth-order valence-electron chi connectivity index (χ4n) is 2.85. The molecule has 0 aliphatic rings. The van der Waals surface area contributed by atoms with Crippen LogP contribution in [0.2, 0.25) is 0 Å². The van der Waals surface area contributed by atoms with E-state index in [1.807, 2.05) is 51.1 Å². The highest BCUT2D eigenvalue weighted by molar-refractivity contribution is 7.33. The summed E-state index contributed by atoms with van der Waals surface area (Å²) in [5.74, 6) is -0.200. The van der Waals surface area contributed by atoms with Crippen molar-refractivity contribution in [2.75, 3.05) is 6.61 Å². The SMILES string of the molecule is CCO[PH](=O)OC(C(=O)c1c(C)cc(C)cc1C)c1ccccc1. The van der Waals surface area contributed by atoms with E-state index in [0.717, 1.165) is 16.7 Å². The van der Waals surface area contributed by atoms with Gasteiger partial charge in [-0.15, -0.1) is 0 Å². The summed E-state index contributed by atoms with van der Waals surface area (Å²) in [6, 6.07) is 13.0. The van der Waals surface area contributed by atoms with Crippen molar-refractivity contribution < 1.29 is 18.4 Å². The molecular formula is C19H23O4P. The molecule has 2 aromatic rings. The standard InChI is InChI=1S/C19H23O4P/c1-5-22-24(21)23-19(16-9-7-6-8-10-16)18(20)17-14(3)11-13(2)12-15(17)4/h6-12,19,24H,5H2,1-4H3. The van der Waals surface area contributed by atoms with E-state index in [2.05, 4.69) is 0 Å². The lowest BCUT2D eigenvalue weighted by Gasteiger charge is -2.19. The minimum Gasteiger partial charge on any atom is -0.311 e. The molecule has 0 saturated carbocycles. The number of hydrogen-bond acceptors (Lipinski definition) is 4. The molecule has 4 nitrogen and oxygen atoms in total. The van der Waals surface area contributed by atoms with Gasteiger partial charge in [0, 0.05) is 5.56 Å². The van der Waals surface area contributed by atoms with Gasteiger partial charge in [-0.05, 0) is 44.4 Å². The first kappa shape index (κ1) is 18.6. The van der Waals surface area contributed by atoms with Crippen molar-refractivity contribution >= 4 is 14.0 Å². The molecule has 2 atom stereocenters. The van der Waals surface area contributed by atoms with E-state index in [1.165, 1.54) is 0 Å². The zero-order chi connectivity index (χ0) is 17.7. The molecule has 0 bridgehead atoms. The molecule has 0 aliphatic carbocycles. The van der Waals surface area contributed by atoms with E-state index in [0.29, 0.717) is 11.1 Å². The Balaban J connectivity index is 2.44. The molecule has 5 heteroatoms. The molecule has 0 aliphatic heterocycles. The lowest BCUT2D eigenvalue weighted by molar-refractivity contribution is 0.0767. The fraction of sp³-hybridized carbons (Fsp3) is 0.316. The summed E-state index contributed by atoms with van der Waals surface area (Å²) >= 11 is 0. The normalized spacial score (nSPS) is 13.5. The van der Waals surface area contributed by atoms with Crippen LogP contribution < -0.4 is 0 Å². The van der Waals surface area contributed by atoms with Crippen LogP contribution in [-0.2, 0) is 13.6 Å². The first-order chi connectivity index (χ1) is 11.4. The fourth-order valence-corrected chi connectivity index (χ4v) is 3.59. The van der Waals surface area contributed by atoms with E-state index >= 15 is 0 Å². The van der Waals surface area contributed by atoms with Gasteiger partial charge in [-0.25, -0.2) is 0 Å². The third-order valence-electron chi connectivity index (χ3n) is 3.74. The number of rotatable bonds is 7. The Morgan fingerprint density at radius 2 is 1.67 bits per heavy atom. The maximum absolute atomic E-state index is 13.1. The van der Waals surface area contributed by atoms with Gasteiger partial charge >= 0.3 is 8.25 Å². The Kier molecular flexibility index (Phi) is 6.50. The molecular weight excluding hydrogens is 323 g/mol. The molecule has 2 aromatic carbocycles. The maximum atomic E-state index is 13.1. The van der Waals surface area contributed by atoms with Crippen molar-refractivity contribution in [3.8, 4) is 0 Å².